The number of ether oxygens (including phenoxy) is 2. The fourth-order valence-corrected chi connectivity index (χ4v) is 5.23. The number of pyridine rings is 1. The van der Waals surface area contributed by atoms with Crippen LogP contribution in [0.3, 0.4) is 0 Å². The molecule has 4 aliphatic heterocycles. The van der Waals surface area contributed by atoms with Crippen molar-refractivity contribution in [2.75, 3.05) is 44.0 Å². The lowest BCUT2D eigenvalue weighted by atomic mass is 9.97. The second-order valence-corrected chi connectivity index (χ2v) is 9.71. The predicted molar refractivity (Wildman–Crippen MR) is 107 cm³/mol. The second-order valence-electron chi connectivity index (χ2n) is 7.93. The van der Waals surface area contributed by atoms with Crippen LogP contribution < -0.4 is 14.4 Å². The molecule has 0 radical (unpaired) electrons. The maximum absolute atomic E-state index is 13.0. The summed E-state index contributed by atoms with van der Waals surface area (Å²) in [7, 11) is -3.39. The molecule has 29 heavy (non-hydrogen) atoms. The zero-order chi connectivity index (χ0) is 20.4. The summed E-state index contributed by atoms with van der Waals surface area (Å²) in [6, 6.07) is 2.93. The van der Waals surface area contributed by atoms with Crippen LogP contribution in [0, 0.1) is 0 Å². The molecule has 2 saturated heterocycles. The molecular weight excluding hydrogens is 396 g/mol. The van der Waals surface area contributed by atoms with Crippen LogP contribution in [-0.2, 0) is 19.6 Å². The minimum absolute atomic E-state index is 0.0813. The topological polar surface area (TPSA) is 101 Å². The molecule has 5 heterocycles. The third-order valence-corrected chi connectivity index (χ3v) is 6.54. The normalized spacial score (nSPS) is 28.4. The van der Waals surface area contributed by atoms with Gasteiger partial charge in [0.1, 0.15) is 0 Å². The van der Waals surface area contributed by atoms with E-state index in [1.165, 1.54) is 0 Å². The summed E-state index contributed by atoms with van der Waals surface area (Å²) in [5.74, 6) is 1.18. The number of piperidine rings is 2. The van der Waals surface area contributed by atoms with Gasteiger partial charge in [0.25, 0.3) is 5.91 Å². The van der Waals surface area contributed by atoms with Crippen molar-refractivity contribution >= 4 is 21.7 Å². The van der Waals surface area contributed by atoms with E-state index in [2.05, 4.69) is 14.6 Å². The number of sulfonamides is 1. The van der Waals surface area contributed by atoms with Crippen LogP contribution in [0.1, 0.15) is 25.7 Å². The van der Waals surface area contributed by atoms with Crippen molar-refractivity contribution in [3.05, 3.63) is 18.3 Å². The molecule has 2 unspecified atom stereocenters. The Morgan fingerprint density at radius 3 is 2.76 bits per heavy atom. The van der Waals surface area contributed by atoms with Crippen LogP contribution in [0.2, 0.25) is 0 Å². The highest BCUT2D eigenvalue weighted by atomic mass is 32.2. The first kappa shape index (κ1) is 20.4. The van der Waals surface area contributed by atoms with E-state index in [-0.39, 0.29) is 30.7 Å². The number of hydrogen-bond donors (Lipinski definition) is 1. The highest BCUT2D eigenvalue weighted by Gasteiger charge is 2.37. The number of fused-ring (bicyclic) bond motifs is 5. The molecule has 1 N–H and O–H groups in total. The SMILES string of the molecule is CS(=O)(=O)NC1CCCN2C(=O)COc3cccnc3N3CCC(CC3)OCC12. The summed E-state index contributed by atoms with van der Waals surface area (Å²) in [6.45, 7) is 2.36. The fourth-order valence-electron chi connectivity index (χ4n) is 4.41. The minimum Gasteiger partial charge on any atom is -0.480 e. The van der Waals surface area contributed by atoms with Gasteiger partial charge in [0.05, 0.1) is 25.0 Å². The molecule has 160 valence electrons. The van der Waals surface area contributed by atoms with E-state index < -0.39 is 10.0 Å². The Labute approximate surface area is 171 Å². The van der Waals surface area contributed by atoms with E-state index in [0.717, 1.165) is 44.4 Å². The summed E-state index contributed by atoms with van der Waals surface area (Å²) < 4.78 is 38.4. The van der Waals surface area contributed by atoms with Crippen LogP contribution in [0.5, 0.6) is 5.75 Å². The Balaban J connectivity index is 1.61. The Morgan fingerprint density at radius 1 is 1.21 bits per heavy atom. The van der Waals surface area contributed by atoms with Crippen molar-refractivity contribution in [3.63, 3.8) is 0 Å². The summed E-state index contributed by atoms with van der Waals surface area (Å²) in [5.41, 5.74) is 0. The van der Waals surface area contributed by atoms with E-state index >= 15 is 0 Å². The van der Waals surface area contributed by atoms with E-state index in [1.54, 1.807) is 17.2 Å². The molecule has 2 fully saturated rings. The fraction of sp³-hybridized carbons (Fsp3) is 0.684. The number of rotatable bonds is 2. The van der Waals surface area contributed by atoms with Gasteiger partial charge in [-0.3, -0.25) is 4.79 Å². The monoisotopic (exact) mass is 424 g/mol. The van der Waals surface area contributed by atoms with Crippen molar-refractivity contribution in [3.8, 4) is 5.75 Å². The molecule has 9 nitrogen and oxygen atoms in total. The van der Waals surface area contributed by atoms with E-state index in [9.17, 15) is 13.2 Å². The van der Waals surface area contributed by atoms with Crippen molar-refractivity contribution < 1.29 is 22.7 Å². The third kappa shape index (κ3) is 4.81. The molecule has 4 aliphatic rings. The van der Waals surface area contributed by atoms with Crippen molar-refractivity contribution in [2.24, 2.45) is 0 Å². The third-order valence-electron chi connectivity index (χ3n) is 5.81. The number of carbonyl (C=O) groups is 1. The number of aromatic nitrogens is 1. The van der Waals surface area contributed by atoms with Crippen LogP contribution in [-0.4, -0.2) is 81.5 Å². The van der Waals surface area contributed by atoms with Gasteiger partial charge in [0.2, 0.25) is 10.0 Å². The van der Waals surface area contributed by atoms with Gasteiger partial charge < -0.3 is 19.3 Å². The molecule has 5 rings (SSSR count). The Hall–Kier alpha value is -1.91. The lowest BCUT2D eigenvalue weighted by Gasteiger charge is -2.41. The molecule has 10 heteroatoms. The molecular formula is C19H28N4O5S. The lowest BCUT2D eigenvalue weighted by Crippen LogP contribution is -2.59. The van der Waals surface area contributed by atoms with Gasteiger partial charge in [0, 0.05) is 31.9 Å². The maximum atomic E-state index is 13.0. The van der Waals surface area contributed by atoms with E-state index in [4.69, 9.17) is 9.47 Å². The summed E-state index contributed by atoms with van der Waals surface area (Å²) in [5, 5.41) is 0. The smallest absolute Gasteiger partial charge is 0.260 e. The van der Waals surface area contributed by atoms with Crippen LogP contribution >= 0.6 is 0 Å². The number of carbonyl (C=O) groups excluding carboxylic acids is 1. The Kier molecular flexibility index (Phi) is 5.93. The van der Waals surface area contributed by atoms with Crippen molar-refractivity contribution in [1.82, 2.24) is 14.6 Å². The minimum atomic E-state index is -3.39. The maximum Gasteiger partial charge on any atom is 0.260 e. The van der Waals surface area contributed by atoms with Gasteiger partial charge in [-0.2, -0.15) is 0 Å². The van der Waals surface area contributed by atoms with Gasteiger partial charge in [-0.05, 0) is 37.8 Å². The van der Waals surface area contributed by atoms with Gasteiger partial charge >= 0.3 is 0 Å². The Bertz CT molecular complexity index is 841. The number of anilines is 1. The molecule has 1 aromatic rings. The molecule has 1 amide bonds. The highest BCUT2D eigenvalue weighted by Crippen LogP contribution is 2.30. The second kappa shape index (κ2) is 8.45. The standard InChI is InChI=1S/C19H28N4O5S/c1-29(25,26)21-15-4-3-9-23-16(15)12-27-14-6-10-22(11-7-14)19-17(5-2-8-20-19)28-13-18(23)24/h2,5,8,14-16,21H,3-4,6-7,9-13H2,1H3. The highest BCUT2D eigenvalue weighted by molar-refractivity contribution is 7.88. The number of amides is 1. The predicted octanol–water partition coefficient (Wildman–Crippen LogP) is 0.368. The molecule has 0 aliphatic carbocycles. The van der Waals surface area contributed by atoms with Crippen molar-refractivity contribution in [2.45, 2.75) is 43.9 Å². The largest absolute Gasteiger partial charge is 0.480 e. The zero-order valence-corrected chi connectivity index (χ0v) is 17.4. The summed E-state index contributed by atoms with van der Waals surface area (Å²) in [6.07, 6.45) is 6.06. The lowest BCUT2D eigenvalue weighted by molar-refractivity contribution is -0.140. The van der Waals surface area contributed by atoms with E-state index in [0.29, 0.717) is 25.3 Å². The summed E-state index contributed by atoms with van der Waals surface area (Å²) in [4.78, 5) is 21.3. The zero-order valence-electron chi connectivity index (χ0n) is 16.6. The van der Waals surface area contributed by atoms with Gasteiger partial charge in [-0.1, -0.05) is 0 Å². The van der Waals surface area contributed by atoms with Gasteiger partial charge in [0.15, 0.2) is 18.2 Å². The van der Waals surface area contributed by atoms with Crippen LogP contribution in [0.25, 0.3) is 0 Å². The van der Waals surface area contributed by atoms with Crippen molar-refractivity contribution in [1.29, 1.82) is 0 Å². The number of nitrogens with zero attached hydrogens (tertiary/aromatic N) is 3. The molecule has 0 spiro atoms. The molecule has 0 saturated carbocycles. The molecule has 2 atom stereocenters. The first-order valence-electron chi connectivity index (χ1n) is 10.1. The van der Waals surface area contributed by atoms with Gasteiger partial charge in [-0.15, -0.1) is 0 Å². The number of hydrogen-bond acceptors (Lipinski definition) is 7. The average molecular weight is 425 g/mol. The summed E-state index contributed by atoms with van der Waals surface area (Å²) >= 11 is 0. The van der Waals surface area contributed by atoms with Crippen LogP contribution in [0.4, 0.5) is 5.82 Å². The molecule has 1 aromatic heterocycles. The molecule has 0 aromatic carbocycles. The molecule has 2 bridgehead atoms. The quantitative estimate of drug-likeness (QED) is 0.732. The first-order valence-corrected chi connectivity index (χ1v) is 12.0. The van der Waals surface area contributed by atoms with Crippen LogP contribution in [0.15, 0.2) is 18.3 Å². The first-order chi connectivity index (χ1) is 13.9. The Morgan fingerprint density at radius 2 is 2.00 bits per heavy atom. The van der Waals surface area contributed by atoms with Gasteiger partial charge in [-0.25, -0.2) is 18.1 Å². The number of nitrogens with one attached hydrogen (secondary N) is 1. The van der Waals surface area contributed by atoms with E-state index in [1.807, 2.05) is 6.07 Å². The average Bonchev–Trinajstić information content (AvgIpc) is 2.71.